The van der Waals surface area contributed by atoms with Crippen molar-refractivity contribution in [2.45, 2.75) is 103 Å². The van der Waals surface area contributed by atoms with E-state index < -0.39 is 5.67 Å². The molecule has 1 saturated carbocycles. The Morgan fingerprint density at radius 2 is 1.64 bits per heavy atom. The van der Waals surface area contributed by atoms with Crippen LogP contribution in [-0.2, 0) is 11.1 Å². The van der Waals surface area contributed by atoms with Gasteiger partial charge in [-0.05, 0) is 132 Å². The van der Waals surface area contributed by atoms with Gasteiger partial charge >= 0.3 is 0 Å². The van der Waals surface area contributed by atoms with Crippen molar-refractivity contribution in [1.29, 1.82) is 0 Å². The van der Waals surface area contributed by atoms with Crippen LogP contribution in [0.4, 0.5) is 4.39 Å². The van der Waals surface area contributed by atoms with Gasteiger partial charge in [0.05, 0.1) is 0 Å². The lowest BCUT2D eigenvalue weighted by Gasteiger charge is -2.44. The summed E-state index contributed by atoms with van der Waals surface area (Å²) in [5.74, 6) is 2.75. The molecule has 0 amide bonds. The normalized spacial score (nSPS) is 17.3. The van der Waals surface area contributed by atoms with Crippen LogP contribution in [0.3, 0.4) is 0 Å². The first-order valence-electron chi connectivity index (χ1n) is 15.8. The fourth-order valence-electron chi connectivity index (χ4n) is 6.90. The number of likely N-dealkylation sites (tertiary alicyclic amines) is 1. The van der Waals surface area contributed by atoms with Gasteiger partial charge in [-0.2, -0.15) is 0 Å². The number of hydrogen-bond donors (Lipinski definition) is 0. The highest BCUT2D eigenvalue weighted by Gasteiger charge is 2.38. The largest absolute Gasteiger partial charge is 0.300 e. The van der Waals surface area contributed by atoms with E-state index in [1.54, 1.807) is 13.8 Å². The van der Waals surface area contributed by atoms with Gasteiger partial charge in [-0.15, -0.1) is 13.0 Å². The van der Waals surface area contributed by atoms with E-state index in [0.717, 1.165) is 34.7 Å². The molecule has 2 aliphatic rings. The first kappa shape index (κ1) is 31.8. The van der Waals surface area contributed by atoms with Crippen LogP contribution in [0.15, 0.2) is 78.9 Å². The molecule has 3 aromatic carbocycles. The Morgan fingerprint density at radius 1 is 0.976 bits per heavy atom. The molecule has 1 heterocycles. The molecule has 3 aromatic rings. The van der Waals surface area contributed by atoms with Crippen LogP contribution >= 0.6 is 0 Å². The summed E-state index contributed by atoms with van der Waals surface area (Å²) in [6.45, 7) is 15.9. The molecule has 1 aliphatic carbocycles. The van der Waals surface area contributed by atoms with Gasteiger partial charge in [0.25, 0.3) is 0 Å². The molecule has 0 unspecified atom stereocenters. The Kier molecular flexibility index (Phi) is 10.5. The maximum atomic E-state index is 13.6. The number of rotatable bonds is 7. The zero-order valence-corrected chi connectivity index (χ0v) is 26.6. The molecule has 1 nitrogen and oxygen atoms in total. The lowest BCUT2D eigenvalue weighted by Crippen LogP contribution is -2.46. The van der Waals surface area contributed by atoms with Crippen LogP contribution in [0.5, 0.6) is 0 Å². The van der Waals surface area contributed by atoms with Crippen LogP contribution in [0, 0.1) is 26.2 Å². The minimum absolute atomic E-state index is 0.285. The van der Waals surface area contributed by atoms with Crippen molar-refractivity contribution in [1.82, 2.24) is 4.90 Å². The second kappa shape index (κ2) is 13.9. The Morgan fingerprint density at radius 3 is 2.21 bits per heavy atom. The van der Waals surface area contributed by atoms with Crippen molar-refractivity contribution in [3.63, 3.8) is 0 Å². The molecule has 222 valence electrons. The van der Waals surface area contributed by atoms with Gasteiger partial charge in [0.1, 0.15) is 5.67 Å². The summed E-state index contributed by atoms with van der Waals surface area (Å²) in [5.41, 5.74) is 8.18. The summed E-state index contributed by atoms with van der Waals surface area (Å²) in [4.78, 5) is 2.78. The smallest absolute Gasteiger partial charge is 0.130 e. The SMILES string of the molecule is C#Cc1cccc(-c2ccc(C3(CCC(=C)C)CCN(C4CCCC4)CC3)cc2)c1.Cc1ccc(C)c(C(C)(C)F)c1. The van der Waals surface area contributed by atoms with Gasteiger partial charge in [-0.1, -0.05) is 84.5 Å². The number of nitrogens with zero attached hydrogens (tertiary/aromatic N) is 1. The number of halogens is 1. The number of alkyl halides is 1. The Labute approximate surface area is 255 Å². The Hall–Kier alpha value is -3.15. The maximum Gasteiger partial charge on any atom is 0.130 e. The van der Waals surface area contributed by atoms with Crippen molar-refractivity contribution in [3.05, 3.63) is 107 Å². The molecule has 0 N–H and O–H groups in total. The second-order valence-electron chi connectivity index (χ2n) is 13.3. The van der Waals surface area contributed by atoms with E-state index in [4.69, 9.17) is 6.42 Å². The van der Waals surface area contributed by atoms with Crippen molar-refractivity contribution >= 4 is 0 Å². The number of benzene rings is 3. The molecule has 1 aliphatic heterocycles. The van der Waals surface area contributed by atoms with Gasteiger partial charge in [0.2, 0.25) is 0 Å². The third-order valence-electron chi connectivity index (χ3n) is 9.52. The summed E-state index contributed by atoms with van der Waals surface area (Å²) in [7, 11) is 0. The average Bonchev–Trinajstić information content (AvgIpc) is 3.53. The standard InChI is InChI=1S/C29H35N.C11H15F/c1-4-24-8-7-9-26(22-24)25-12-14-27(15-13-25)29(17-16-23(2)3)18-20-30(21-19-29)28-10-5-6-11-28;1-8-5-6-9(2)10(7-8)11(3,4)12/h1,7-9,12-15,22,28H,2,5-6,10-11,16-21H2,3H3;5-7H,1-4H3. The van der Waals surface area contributed by atoms with Crippen LogP contribution in [0.2, 0.25) is 0 Å². The third kappa shape index (κ3) is 8.02. The molecule has 0 bridgehead atoms. The number of piperidine rings is 1. The van der Waals surface area contributed by atoms with Crippen LogP contribution in [0.1, 0.15) is 100.0 Å². The van der Waals surface area contributed by atoms with Gasteiger partial charge in [0.15, 0.2) is 0 Å². The topological polar surface area (TPSA) is 3.24 Å². The van der Waals surface area contributed by atoms with Crippen LogP contribution in [0.25, 0.3) is 11.1 Å². The van der Waals surface area contributed by atoms with E-state index in [9.17, 15) is 4.39 Å². The number of aryl methyl sites for hydroxylation is 2. The number of allylic oxidation sites excluding steroid dienone is 1. The Bertz CT molecular complexity index is 1370. The molecule has 0 radical (unpaired) electrons. The van der Waals surface area contributed by atoms with Gasteiger partial charge < -0.3 is 4.90 Å². The molecule has 1 saturated heterocycles. The van der Waals surface area contributed by atoms with Gasteiger partial charge in [-0.25, -0.2) is 4.39 Å². The second-order valence-corrected chi connectivity index (χ2v) is 13.3. The predicted octanol–water partition coefficient (Wildman–Crippen LogP) is 10.5. The zero-order valence-electron chi connectivity index (χ0n) is 26.6. The van der Waals surface area contributed by atoms with E-state index >= 15 is 0 Å². The molecule has 2 fully saturated rings. The fourth-order valence-corrected chi connectivity index (χ4v) is 6.90. The molecular weight excluding hydrogens is 513 g/mol. The van der Waals surface area contributed by atoms with Crippen LogP contribution in [-0.4, -0.2) is 24.0 Å². The van der Waals surface area contributed by atoms with Gasteiger partial charge in [0, 0.05) is 11.6 Å². The summed E-state index contributed by atoms with van der Waals surface area (Å²) in [6, 6.07) is 24.3. The molecule has 42 heavy (non-hydrogen) atoms. The highest BCUT2D eigenvalue weighted by Crippen LogP contribution is 2.42. The third-order valence-corrected chi connectivity index (χ3v) is 9.52. The Balaban J connectivity index is 0.000000283. The van der Waals surface area contributed by atoms with Crippen molar-refractivity contribution in [3.8, 4) is 23.5 Å². The summed E-state index contributed by atoms with van der Waals surface area (Å²) >= 11 is 0. The molecule has 5 rings (SSSR count). The molecule has 0 aromatic heterocycles. The van der Waals surface area contributed by atoms with Gasteiger partial charge in [-0.3, -0.25) is 0 Å². The highest BCUT2D eigenvalue weighted by atomic mass is 19.1. The summed E-state index contributed by atoms with van der Waals surface area (Å²) in [5, 5.41) is 0. The zero-order chi connectivity index (χ0) is 30.3. The predicted molar refractivity (Wildman–Crippen MR) is 179 cm³/mol. The van der Waals surface area contributed by atoms with Crippen LogP contribution < -0.4 is 0 Å². The quantitative estimate of drug-likeness (QED) is 0.204. The molecule has 0 atom stereocenters. The summed E-state index contributed by atoms with van der Waals surface area (Å²) in [6.07, 6.45) is 16.1. The fraction of sp³-hybridized carbons (Fsp3) is 0.450. The lowest BCUT2D eigenvalue weighted by atomic mass is 9.69. The summed E-state index contributed by atoms with van der Waals surface area (Å²) < 4.78 is 13.6. The molecule has 2 heteroatoms. The first-order chi connectivity index (χ1) is 20.0. The number of hydrogen-bond acceptors (Lipinski definition) is 1. The van der Waals surface area contributed by atoms with Crippen molar-refractivity contribution < 1.29 is 4.39 Å². The van der Waals surface area contributed by atoms with E-state index in [1.807, 2.05) is 44.2 Å². The monoisotopic (exact) mass is 563 g/mol. The molecular formula is C40H50FN. The highest BCUT2D eigenvalue weighted by molar-refractivity contribution is 5.65. The van der Waals surface area contributed by atoms with E-state index in [0.29, 0.717) is 0 Å². The maximum absolute atomic E-state index is 13.6. The van der Waals surface area contributed by atoms with Crippen molar-refractivity contribution in [2.24, 2.45) is 0 Å². The van der Waals surface area contributed by atoms with E-state index in [2.05, 4.69) is 60.7 Å². The minimum atomic E-state index is -1.23. The molecule has 0 spiro atoms. The first-order valence-corrected chi connectivity index (χ1v) is 15.8. The van der Waals surface area contributed by atoms with Crippen molar-refractivity contribution in [2.75, 3.05) is 13.1 Å². The average molecular weight is 564 g/mol. The minimum Gasteiger partial charge on any atom is -0.300 e. The van der Waals surface area contributed by atoms with E-state index in [1.165, 1.54) is 80.3 Å². The lowest BCUT2D eigenvalue weighted by molar-refractivity contribution is 0.111. The van der Waals surface area contributed by atoms with E-state index in [-0.39, 0.29) is 5.41 Å². The number of terminal acetylenes is 1.